The first-order chi connectivity index (χ1) is 13.5. The molecular weight excluding hydrogens is 364 g/mol. The van der Waals surface area contributed by atoms with Gasteiger partial charge in [-0.15, -0.1) is 0 Å². The molecule has 0 saturated carbocycles. The van der Waals surface area contributed by atoms with Gasteiger partial charge in [-0.25, -0.2) is 18.7 Å². The molecule has 0 aliphatic carbocycles. The normalized spacial score (nSPS) is 19.4. The second-order valence-electron chi connectivity index (χ2n) is 7.33. The molecule has 1 unspecified atom stereocenters. The fourth-order valence-electron chi connectivity index (χ4n) is 3.93. The molecule has 2 aromatic carbocycles. The number of hydrogen-bond donors (Lipinski definition) is 1. The lowest BCUT2D eigenvalue weighted by Crippen LogP contribution is -2.33. The van der Waals surface area contributed by atoms with Crippen molar-refractivity contribution >= 4 is 16.7 Å². The minimum Gasteiger partial charge on any atom is -0.494 e. The molecule has 0 radical (unpaired) electrons. The van der Waals surface area contributed by atoms with Gasteiger partial charge in [0.1, 0.15) is 18.0 Å². The molecule has 1 aliphatic heterocycles. The Morgan fingerprint density at radius 1 is 1.18 bits per heavy atom. The maximum atomic E-state index is 14.0. The molecule has 146 valence electrons. The van der Waals surface area contributed by atoms with Gasteiger partial charge in [-0.2, -0.15) is 0 Å². The molecular formula is C21H21F2N3O2. The third kappa shape index (κ3) is 3.38. The van der Waals surface area contributed by atoms with E-state index in [1.165, 1.54) is 31.6 Å². The summed E-state index contributed by atoms with van der Waals surface area (Å²) in [4.78, 5) is 10.7. The number of rotatable bonds is 5. The summed E-state index contributed by atoms with van der Waals surface area (Å²) in [5.74, 6) is 0.0887. The Morgan fingerprint density at radius 3 is 2.68 bits per heavy atom. The quantitative estimate of drug-likeness (QED) is 0.730. The van der Waals surface area contributed by atoms with Crippen LogP contribution in [0.15, 0.2) is 42.7 Å². The van der Waals surface area contributed by atoms with Gasteiger partial charge in [-0.1, -0.05) is 12.1 Å². The molecule has 1 fully saturated rings. The van der Waals surface area contributed by atoms with Gasteiger partial charge < -0.3 is 14.7 Å². The van der Waals surface area contributed by atoms with Crippen molar-refractivity contribution in [2.75, 3.05) is 31.7 Å². The predicted molar refractivity (Wildman–Crippen MR) is 103 cm³/mol. The number of aromatic nitrogens is 2. The SMILES string of the molecule is COc1cc2c(N3CCC(CO)(Cc4ccc(F)cc4)C3)ncnc2cc1F. The van der Waals surface area contributed by atoms with E-state index in [9.17, 15) is 13.9 Å². The molecule has 1 atom stereocenters. The molecule has 0 bridgehead atoms. The molecule has 1 N–H and O–H groups in total. The van der Waals surface area contributed by atoms with E-state index in [0.717, 1.165) is 12.0 Å². The Bertz CT molecular complexity index is 997. The van der Waals surface area contributed by atoms with Crippen LogP contribution in [-0.4, -0.2) is 41.9 Å². The highest BCUT2D eigenvalue weighted by atomic mass is 19.1. The first-order valence-electron chi connectivity index (χ1n) is 9.12. The van der Waals surface area contributed by atoms with Gasteiger partial charge in [-0.05, 0) is 36.6 Å². The maximum absolute atomic E-state index is 14.0. The number of aliphatic hydroxyl groups is 1. The van der Waals surface area contributed by atoms with Crippen LogP contribution in [-0.2, 0) is 6.42 Å². The highest BCUT2D eigenvalue weighted by Crippen LogP contribution is 2.38. The van der Waals surface area contributed by atoms with Crippen LogP contribution in [0, 0.1) is 17.0 Å². The highest BCUT2D eigenvalue weighted by molar-refractivity contribution is 5.90. The summed E-state index contributed by atoms with van der Waals surface area (Å²) in [6, 6.07) is 9.33. The van der Waals surface area contributed by atoms with Crippen LogP contribution in [0.1, 0.15) is 12.0 Å². The van der Waals surface area contributed by atoms with E-state index in [1.807, 2.05) is 0 Å². The lowest BCUT2D eigenvalue weighted by atomic mass is 9.81. The monoisotopic (exact) mass is 385 g/mol. The zero-order chi connectivity index (χ0) is 19.7. The van der Waals surface area contributed by atoms with Crippen LogP contribution < -0.4 is 9.64 Å². The van der Waals surface area contributed by atoms with Crippen molar-refractivity contribution in [1.82, 2.24) is 9.97 Å². The van der Waals surface area contributed by atoms with Crippen LogP contribution in [0.2, 0.25) is 0 Å². The molecule has 1 aromatic heterocycles. The Hall–Kier alpha value is -2.80. The van der Waals surface area contributed by atoms with Gasteiger partial charge in [-0.3, -0.25) is 0 Å². The average Bonchev–Trinajstić information content (AvgIpc) is 3.13. The summed E-state index contributed by atoms with van der Waals surface area (Å²) >= 11 is 0. The Kier molecular flexibility index (Phi) is 4.85. The average molecular weight is 385 g/mol. The van der Waals surface area contributed by atoms with E-state index in [2.05, 4.69) is 14.9 Å². The van der Waals surface area contributed by atoms with Gasteiger partial charge in [0.2, 0.25) is 0 Å². The van der Waals surface area contributed by atoms with E-state index in [1.54, 1.807) is 18.2 Å². The number of hydrogen-bond acceptors (Lipinski definition) is 5. The fourth-order valence-corrected chi connectivity index (χ4v) is 3.93. The number of fused-ring (bicyclic) bond motifs is 1. The van der Waals surface area contributed by atoms with Gasteiger partial charge in [0.15, 0.2) is 11.6 Å². The van der Waals surface area contributed by atoms with Crippen molar-refractivity contribution in [3.05, 3.63) is 59.9 Å². The number of anilines is 1. The van der Waals surface area contributed by atoms with Crippen LogP contribution in [0.3, 0.4) is 0 Å². The van der Waals surface area contributed by atoms with E-state index >= 15 is 0 Å². The molecule has 28 heavy (non-hydrogen) atoms. The second-order valence-corrected chi connectivity index (χ2v) is 7.33. The molecule has 0 spiro atoms. The molecule has 3 aromatic rings. The van der Waals surface area contributed by atoms with Gasteiger partial charge in [0.25, 0.3) is 0 Å². The summed E-state index contributed by atoms with van der Waals surface area (Å²) in [5, 5.41) is 10.8. The minimum atomic E-state index is -0.470. The number of nitrogens with zero attached hydrogens (tertiary/aromatic N) is 3. The molecule has 1 saturated heterocycles. The van der Waals surface area contributed by atoms with Crippen molar-refractivity contribution < 1.29 is 18.6 Å². The zero-order valence-corrected chi connectivity index (χ0v) is 15.5. The highest BCUT2D eigenvalue weighted by Gasteiger charge is 2.38. The van der Waals surface area contributed by atoms with Crippen LogP contribution >= 0.6 is 0 Å². The topological polar surface area (TPSA) is 58.5 Å². The Morgan fingerprint density at radius 2 is 1.96 bits per heavy atom. The van der Waals surface area contributed by atoms with Crippen molar-refractivity contribution in [3.8, 4) is 5.75 Å². The summed E-state index contributed by atoms with van der Waals surface area (Å²) in [6.45, 7) is 1.31. The lowest BCUT2D eigenvalue weighted by Gasteiger charge is -2.28. The van der Waals surface area contributed by atoms with Gasteiger partial charge in [0.05, 0.1) is 19.2 Å². The molecule has 1 aliphatic rings. The van der Waals surface area contributed by atoms with Crippen molar-refractivity contribution in [3.63, 3.8) is 0 Å². The molecule has 2 heterocycles. The van der Waals surface area contributed by atoms with Crippen LogP contribution in [0.4, 0.5) is 14.6 Å². The van der Waals surface area contributed by atoms with E-state index < -0.39 is 5.82 Å². The summed E-state index contributed by atoms with van der Waals surface area (Å²) in [5.41, 5.74) is 1.14. The first-order valence-corrected chi connectivity index (χ1v) is 9.12. The van der Waals surface area contributed by atoms with E-state index in [4.69, 9.17) is 4.74 Å². The molecule has 7 heteroatoms. The fraction of sp³-hybridized carbons (Fsp3) is 0.333. The number of ether oxygens (including phenoxy) is 1. The predicted octanol–water partition coefficient (Wildman–Crippen LogP) is 3.35. The largest absolute Gasteiger partial charge is 0.494 e. The second kappa shape index (κ2) is 7.31. The number of benzene rings is 2. The number of halogens is 2. The molecule has 4 rings (SSSR count). The smallest absolute Gasteiger partial charge is 0.167 e. The number of aliphatic hydroxyl groups excluding tert-OH is 1. The summed E-state index contributed by atoms with van der Waals surface area (Å²) in [7, 11) is 1.42. The first kappa shape index (κ1) is 18.6. The van der Waals surface area contributed by atoms with Crippen LogP contribution in [0.25, 0.3) is 10.9 Å². The van der Waals surface area contributed by atoms with Gasteiger partial charge in [0, 0.05) is 30.0 Å². The number of methoxy groups -OCH3 is 1. The maximum Gasteiger partial charge on any atom is 0.167 e. The lowest BCUT2D eigenvalue weighted by molar-refractivity contribution is 0.144. The third-order valence-electron chi connectivity index (χ3n) is 5.45. The minimum absolute atomic E-state index is 0.0157. The zero-order valence-electron chi connectivity index (χ0n) is 15.5. The van der Waals surface area contributed by atoms with E-state index in [-0.39, 0.29) is 23.6 Å². The van der Waals surface area contributed by atoms with Crippen molar-refractivity contribution in [1.29, 1.82) is 0 Å². The Labute approximate surface area is 161 Å². The molecule has 5 nitrogen and oxygen atoms in total. The Balaban J connectivity index is 1.65. The molecule has 0 amide bonds. The van der Waals surface area contributed by atoms with Crippen LogP contribution in [0.5, 0.6) is 5.75 Å². The van der Waals surface area contributed by atoms with Crippen molar-refractivity contribution in [2.45, 2.75) is 12.8 Å². The summed E-state index contributed by atoms with van der Waals surface area (Å²) < 4.78 is 32.3. The van der Waals surface area contributed by atoms with Crippen molar-refractivity contribution in [2.24, 2.45) is 5.41 Å². The van der Waals surface area contributed by atoms with E-state index in [0.29, 0.717) is 36.2 Å². The third-order valence-corrected chi connectivity index (χ3v) is 5.45. The standard InChI is InChI=1S/C21H21F2N3O2/c1-28-19-8-16-18(9-17(19)23)24-13-25-20(16)26-7-6-21(11-26,12-27)10-14-2-4-15(22)5-3-14/h2-5,8-9,13,27H,6-7,10-12H2,1H3. The van der Waals surface area contributed by atoms with Gasteiger partial charge >= 0.3 is 0 Å². The summed E-state index contributed by atoms with van der Waals surface area (Å²) in [6.07, 6.45) is 2.83.